The molecule has 0 aliphatic heterocycles. The summed E-state index contributed by atoms with van der Waals surface area (Å²) >= 11 is 0. The summed E-state index contributed by atoms with van der Waals surface area (Å²) in [6, 6.07) is 20.5. The fourth-order valence-corrected chi connectivity index (χ4v) is 2.51. The third-order valence-corrected chi connectivity index (χ3v) is 3.78. The predicted octanol–water partition coefficient (Wildman–Crippen LogP) is 3.71. The van der Waals surface area contributed by atoms with Crippen LogP contribution in [0.2, 0.25) is 0 Å². The largest absolute Gasteiger partial charge is 0.355 e. The number of hydrogen-bond donors (Lipinski definition) is 3. The first-order valence-corrected chi connectivity index (χ1v) is 8.53. The molecule has 0 bridgehead atoms. The number of benzene rings is 2. The molecule has 27 heavy (non-hydrogen) atoms. The Hall–Kier alpha value is -3.67. The molecule has 2 amide bonds. The third-order valence-electron chi connectivity index (χ3n) is 3.78. The number of rotatable bonds is 6. The lowest BCUT2D eigenvalue weighted by Crippen LogP contribution is -2.23. The summed E-state index contributed by atoms with van der Waals surface area (Å²) < 4.78 is 0. The average Bonchev–Trinajstić information content (AvgIpc) is 2.68. The number of amides is 2. The first kappa shape index (κ1) is 18.1. The molecule has 0 aliphatic rings. The highest BCUT2D eigenvalue weighted by molar-refractivity contribution is 5.93. The summed E-state index contributed by atoms with van der Waals surface area (Å²) in [5.41, 5.74) is 3.68. The zero-order valence-corrected chi connectivity index (χ0v) is 14.9. The van der Waals surface area contributed by atoms with Crippen molar-refractivity contribution >= 4 is 28.9 Å². The molecule has 3 aromatic rings. The van der Waals surface area contributed by atoms with Crippen molar-refractivity contribution in [3.63, 3.8) is 0 Å². The highest BCUT2D eigenvalue weighted by Crippen LogP contribution is 2.19. The molecule has 136 valence electrons. The number of nitrogens with one attached hydrogen (secondary N) is 3. The molecule has 3 N–H and O–H groups in total. The van der Waals surface area contributed by atoms with E-state index in [9.17, 15) is 9.59 Å². The van der Waals surface area contributed by atoms with E-state index in [2.05, 4.69) is 20.9 Å². The van der Waals surface area contributed by atoms with Gasteiger partial charge >= 0.3 is 0 Å². The molecule has 0 saturated carbocycles. The molecular formula is C21H20N4O2. The minimum absolute atomic E-state index is 0.115. The first-order valence-electron chi connectivity index (χ1n) is 8.53. The van der Waals surface area contributed by atoms with Crippen LogP contribution >= 0.6 is 0 Å². The number of aromatic nitrogens is 1. The molecule has 0 unspecified atom stereocenters. The van der Waals surface area contributed by atoms with Crippen molar-refractivity contribution in [2.24, 2.45) is 0 Å². The van der Waals surface area contributed by atoms with E-state index in [0.29, 0.717) is 12.2 Å². The van der Waals surface area contributed by atoms with Crippen molar-refractivity contribution in [2.75, 3.05) is 10.6 Å². The maximum atomic E-state index is 12.3. The summed E-state index contributed by atoms with van der Waals surface area (Å²) in [6.45, 7) is 1.91. The maximum Gasteiger partial charge on any atom is 0.270 e. The molecule has 0 spiro atoms. The molecule has 6 heteroatoms. The fourth-order valence-electron chi connectivity index (χ4n) is 2.51. The molecule has 6 nitrogen and oxygen atoms in total. The van der Waals surface area contributed by atoms with Gasteiger partial charge in [0.15, 0.2) is 0 Å². The van der Waals surface area contributed by atoms with Gasteiger partial charge in [-0.1, -0.05) is 30.3 Å². The minimum atomic E-state index is -0.233. The van der Waals surface area contributed by atoms with Crippen LogP contribution in [0.25, 0.3) is 0 Å². The highest BCUT2D eigenvalue weighted by Gasteiger charge is 2.08. The van der Waals surface area contributed by atoms with Gasteiger partial charge in [0.2, 0.25) is 5.91 Å². The Labute approximate surface area is 157 Å². The zero-order valence-electron chi connectivity index (χ0n) is 14.9. The summed E-state index contributed by atoms with van der Waals surface area (Å²) in [6.07, 6.45) is 1.59. The number of hydrogen-bond acceptors (Lipinski definition) is 4. The first-order chi connectivity index (χ1) is 13.1. The van der Waals surface area contributed by atoms with Crippen LogP contribution in [0.1, 0.15) is 23.0 Å². The number of pyridine rings is 1. The van der Waals surface area contributed by atoms with Gasteiger partial charge in [0.1, 0.15) is 5.69 Å². The van der Waals surface area contributed by atoms with E-state index >= 15 is 0 Å². The van der Waals surface area contributed by atoms with E-state index in [1.165, 1.54) is 6.92 Å². The van der Waals surface area contributed by atoms with E-state index in [-0.39, 0.29) is 11.8 Å². The van der Waals surface area contributed by atoms with Crippen molar-refractivity contribution in [3.8, 4) is 0 Å². The Morgan fingerprint density at radius 2 is 1.59 bits per heavy atom. The van der Waals surface area contributed by atoms with Crippen molar-refractivity contribution in [2.45, 2.75) is 13.5 Å². The molecule has 0 aliphatic carbocycles. The van der Waals surface area contributed by atoms with E-state index in [0.717, 1.165) is 22.6 Å². The van der Waals surface area contributed by atoms with Crippen LogP contribution in [-0.2, 0) is 11.3 Å². The Morgan fingerprint density at radius 1 is 0.889 bits per heavy atom. The quantitative estimate of drug-likeness (QED) is 0.626. The normalized spacial score (nSPS) is 10.1. The molecule has 3 rings (SSSR count). The molecule has 0 saturated heterocycles. The van der Waals surface area contributed by atoms with Crippen molar-refractivity contribution in [1.29, 1.82) is 0 Å². The zero-order chi connectivity index (χ0) is 19.1. The molecular weight excluding hydrogens is 340 g/mol. The Kier molecular flexibility index (Phi) is 5.79. The highest BCUT2D eigenvalue weighted by atomic mass is 16.2. The SMILES string of the molecule is CC(=O)Nc1ccc(Nc2ccnc(C(=O)NCc3ccccc3)c2)cc1. The Balaban J connectivity index is 1.62. The Bertz CT molecular complexity index is 924. The van der Waals surface area contributed by atoms with Crippen LogP contribution in [0, 0.1) is 0 Å². The second-order valence-electron chi connectivity index (χ2n) is 5.98. The van der Waals surface area contributed by atoms with Gasteiger partial charge in [0.25, 0.3) is 5.91 Å². The number of nitrogens with zero attached hydrogens (tertiary/aromatic N) is 1. The van der Waals surface area contributed by atoms with Gasteiger partial charge in [-0.25, -0.2) is 0 Å². The summed E-state index contributed by atoms with van der Waals surface area (Å²) in [5.74, 6) is -0.348. The van der Waals surface area contributed by atoms with Crippen molar-refractivity contribution < 1.29 is 9.59 Å². The molecule has 1 aromatic heterocycles. The maximum absolute atomic E-state index is 12.3. The van der Waals surface area contributed by atoms with E-state index < -0.39 is 0 Å². The second kappa shape index (κ2) is 8.62. The van der Waals surface area contributed by atoms with Gasteiger partial charge in [-0.3, -0.25) is 14.6 Å². The smallest absolute Gasteiger partial charge is 0.270 e. The molecule has 1 heterocycles. The second-order valence-corrected chi connectivity index (χ2v) is 5.98. The van der Waals surface area contributed by atoms with Gasteiger partial charge in [-0.15, -0.1) is 0 Å². The summed E-state index contributed by atoms with van der Waals surface area (Å²) in [4.78, 5) is 27.5. The van der Waals surface area contributed by atoms with Gasteiger partial charge in [-0.05, 0) is 42.0 Å². The lowest BCUT2D eigenvalue weighted by atomic mass is 10.2. The summed E-state index contributed by atoms with van der Waals surface area (Å²) in [7, 11) is 0. The van der Waals surface area contributed by atoms with Crippen LogP contribution < -0.4 is 16.0 Å². The van der Waals surface area contributed by atoms with Crippen molar-refractivity contribution in [3.05, 3.63) is 84.2 Å². The van der Waals surface area contributed by atoms with Crippen molar-refractivity contribution in [1.82, 2.24) is 10.3 Å². The van der Waals surface area contributed by atoms with Crippen LogP contribution in [0.4, 0.5) is 17.1 Å². The fraction of sp³-hybridized carbons (Fsp3) is 0.0952. The molecule has 0 radical (unpaired) electrons. The standard InChI is InChI=1S/C21H20N4O2/c1-15(26)24-17-7-9-18(10-8-17)25-19-11-12-22-20(13-19)21(27)23-14-16-5-3-2-4-6-16/h2-13H,14H2,1H3,(H,22,25)(H,23,27)(H,24,26). The van der Waals surface area contributed by atoms with Crippen LogP contribution in [-0.4, -0.2) is 16.8 Å². The number of anilines is 3. The van der Waals surface area contributed by atoms with Gasteiger partial charge in [-0.2, -0.15) is 0 Å². The lowest BCUT2D eigenvalue weighted by molar-refractivity contribution is -0.114. The predicted molar refractivity (Wildman–Crippen MR) is 106 cm³/mol. The topological polar surface area (TPSA) is 83.1 Å². The lowest BCUT2D eigenvalue weighted by Gasteiger charge is -2.09. The van der Waals surface area contributed by atoms with Gasteiger partial charge in [0, 0.05) is 36.7 Å². The third kappa shape index (κ3) is 5.40. The van der Waals surface area contributed by atoms with E-state index in [4.69, 9.17) is 0 Å². The van der Waals surface area contributed by atoms with Crippen LogP contribution in [0.3, 0.4) is 0 Å². The average molecular weight is 360 g/mol. The Morgan fingerprint density at radius 3 is 2.30 bits per heavy atom. The number of carbonyl (C=O) groups is 2. The van der Waals surface area contributed by atoms with E-state index in [1.54, 1.807) is 30.5 Å². The molecule has 0 atom stereocenters. The minimum Gasteiger partial charge on any atom is -0.355 e. The van der Waals surface area contributed by atoms with Gasteiger partial charge in [0.05, 0.1) is 0 Å². The summed E-state index contributed by atoms with van der Waals surface area (Å²) in [5, 5.41) is 8.80. The monoisotopic (exact) mass is 360 g/mol. The molecule has 2 aromatic carbocycles. The van der Waals surface area contributed by atoms with Gasteiger partial charge < -0.3 is 16.0 Å². The molecule has 0 fully saturated rings. The van der Waals surface area contributed by atoms with Crippen LogP contribution in [0.5, 0.6) is 0 Å². The van der Waals surface area contributed by atoms with E-state index in [1.807, 2.05) is 42.5 Å². The van der Waals surface area contributed by atoms with Crippen LogP contribution in [0.15, 0.2) is 72.9 Å². The number of carbonyl (C=O) groups excluding carboxylic acids is 2.